The zero-order chi connectivity index (χ0) is 23.2. The number of halogens is 2. The van der Waals surface area contributed by atoms with Gasteiger partial charge in [-0.15, -0.1) is 0 Å². The van der Waals surface area contributed by atoms with E-state index in [0.29, 0.717) is 5.56 Å². The molecule has 7 nitrogen and oxygen atoms in total. The average Bonchev–Trinajstić information content (AvgIpc) is 2.72. The third-order valence-corrected chi connectivity index (χ3v) is 5.81. The summed E-state index contributed by atoms with van der Waals surface area (Å²) in [5, 5.41) is 2.49. The maximum Gasteiger partial charge on any atom is 0.244 e. The predicted molar refractivity (Wildman–Crippen MR) is 114 cm³/mol. The Morgan fingerprint density at radius 2 is 1.71 bits per heavy atom. The summed E-state index contributed by atoms with van der Waals surface area (Å²) in [6.45, 7) is 1.05. The van der Waals surface area contributed by atoms with E-state index in [4.69, 9.17) is 0 Å². The summed E-state index contributed by atoms with van der Waals surface area (Å²) in [6, 6.07) is 9.42. The van der Waals surface area contributed by atoms with Crippen molar-refractivity contribution < 1.29 is 26.8 Å². The van der Waals surface area contributed by atoms with E-state index in [9.17, 15) is 26.8 Å². The van der Waals surface area contributed by atoms with Crippen molar-refractivity contribution in [3.05, 3.63) is 65.7 Å². The van der Waals surface area contributed by atoms with Crippen LogP contribution in [0.2, 0.25) is 0 Å². The van der Waals surface area contributed by atoms with Gasteiger partial charge in [0.2, 0.25) is 21.8 Å². The van der Waals surface area contributed by atoms with Crippen molar-refractivity contribution in [2.75, 3.05) is 24.2 Å². The third-order valence-electron chi connectivity index (χ3n) is 4.67. The van der Waals surface area contributed by atoms with E-state index in [1.165, 1.54) is 48.3 Å². The van der Waals surface area contributed by atoms with E-state index >= 15 is 0 Å². The van der Waals surface area contributed by atoms with Crippen LogP contribution >= 0.6 is 0 Å². The molecule has 168 valence electrons. The van der Waals surface area contributed by atoms with Gasteiger partial charge in [0, 0.05) is 13.6 Å². The molecule has 31 heavy (non-hydrogen) atoms. The second kappa shape index (κ2) is 10.3. The number of nitrogens with zero attached hydrogens (tertiary/aromatic N) is 2. The number of nitrogens with one attached hydrogen (secondary N) is 1. The second-order valence-corrected chi connectivity index (χ2v) is 8.84. The third kappa shape index (κ3) is 6.48. The first-order valence-electron chi connectivity index (χ1n) is 9.55. The fourth-order valence-electron chi connectivity index (χ4n) is 3.12. The number of sulfonamides is 1. The molecule has 0 unspecified atom stereocenters. The normalized spacial score (nSPS) is 12.2. The molecule has 2 rings (SSSR count). The van der Waals surface area contributed by atoms with Gasteiger partial charge in [-0.1, -0.05) is 25.1 Å². The first-order valence-corrected chi connectivity index (χ1v) is 11.4. The molecule has 0 aliphatic rings. The molecule has 0 bridgehead atoms. The van der Waals surface area contributed by atoms with Crippen LogP contribution in [0, 0.1) is 11.6 Å². The van der Waals surface area contributed by atoms with Crippen molar-refractivity contribution in [1.29, 1.82) is 0 Å². The predicted octanol–water partition coefficient (Wildman–Crippen LogP) is 2.28. The van der Waals surface area contributed by atoms with Gasteiger partial charge < -0.3 is 10.2 Å². The molecule has 0 saturated carbocycles. The molecular weight excluding hydrogens is 428 g/mol. The number of benzene rings is 2. The van der Waals surface area contributed by atoms with Crippen LogP contribution in [-0.2, 0) is 26.2 Å². The van der Waals surface area contributed by atoms with E-state index in [1.807, 2.05) is 0 Å². The molecule has 0 aliphatic carbocycles. The van der Waals surface area contributed by atoms with E-state index in [0.717, 1.165) is 22.7 Å². The Kier molecular flexibility index (Phi) is 8.09. The molecule has 0 spiro atoms. The maximum absolute atomic E-state index is 13.7. The minimum Gasteiger partial charge on any atom is -0.357 e. The largest absolute Gasteiger partial charge is 0.357 e. The zero-order valence-corrected chi connectivity index (χ0v) is 18.3. The number of hydrogen-bond acceptors (Lipinski definition) is 4. The molecule has 1 N–H and O–H groups in total. The molecule has 0 radical (unpaired) electrons. The number of likely N-dealkylation sites (N-methyl/N-ethyl adjacent to an activating group) is 1. The molecule has 2 aromatic rings. The minimum atomic E-state index is -3.93. The van der Waals surface area contributed by atoms with Gasteiger partial charge >= 0.3 is 0 Å². The van der Waals surface area contributed by atoms with Gasteiger partial charge in [0.1, 0.15) is 24.2 Å². The topological polar surface area (TPSA) is 86.8 Å². The highest BCUT2D eigenvalue weighted by Gasteiger charge is 2.31. The van der Waals surface area contributed by atoms with Crippen molar-refractivity contribution in [3.63, 3.8) is 0 Å². The Labute approximate surface area is 180 Å². The first kappa shape index (κ1) is 24.3. The van der Waals surface area contributed by atoms with Crippen molar-refractivity contribution in [2.24, 2.45) is 0 Å². The van der Waals surface area contributed by atoms with Gasteiger partial charge in [-0.25, -0.2) is 17.2 Å². The van der Waals surface area contributed by atoms with Crippen LogP contribution in [-0.4, -0.2) is 51.0 Å². The zero-order valence-electron chi connectivity index (χ0n) is 17.5. The van der Waals surface area contributed by atoms with E-state index < -0.39 is 46.1 Å². The molecule has 0 heterocycles. The van der Waals surface area contributed by atoms with Crippen LogP contribution in [0.25, 0.3) is 0 Å². The van der Waals surface area contributed by atoms with Gasteiger partial charge in [-0.2, -0.15) is 0 Å². The lowest BCUT2D eigenvalue weighted by Crippen LogP contribution is -2.51. The summed E-state index contributed by atoms with van der Waals surface area (Å²) in [4.78, 5) is 26.8. The number of carbonyl (C=O) groups excluding carboxylic acids is 2. The first-order chi connectivity index (χ1) is 14.6. The lowest BCUT2D eigenvalue weighted by molar-refractivity contribution is -0.140. The second-order valence-electron chi connectivity index (χ2n) is 6.94. The van der Waals surface area contributed by atoms with Gasteiger partial charge in [0.25, 0.3) is 0 Å². The Morgan fingerprint density at radius 3 is 2.23 bits per heavy atom. The van der Waals surface area contributed by atoms with Crippen LogP contribution in [0.15, 0.2) is 48.5 Å². The van der Waals surface area contributed by atoms with Crippen LogP contribution in [0.3, 0.4) is 0 Å². The Balaban J connectivity index is 2.41. The van der Waals surface area contributed by atoms with Crippen LogP contribution in [0.5, 0.6) is 0 Å². The van der Waals surface area contributed by atoms with Crippen LogP contribution < -0.4 is 9.62 Å². The highest BCUT2D eigenvalue weighted by atomic mass is 32.2. The van der Waals surface area contributed by atoms with Gasteiger partial charge in [-0.05, 0) is 42.3 Å². The monoisotopic (exact) mass is 453 g/mol. The summed E-state index contributed by atoms with van der Waals surface area (Å²) in [5.41, 5.74) is 0.555. The maximum atomic E-state index is 13.7. The summed E-state index contributed by atoms with van der Waals surface area (Å²) < 4.78 is 52.4. The lowest BCUT2D eigenvalue weighted by Gasteiger charge is -2.32. The van der Waals surface area contributed by atoms with Gasteiger partial charge in [0.05, 0.1) is 11.9 Å². The highest BCUT2D eigenvalue weighted by molar-refractivity contribution is 7.92. The molecular formula is C21H25F2N3O4S. The van der Waals surface area contributed by atoms with E-state index in [1.54, 1.807) is 6.92 Å². The SMILES string of the molecule is CC[C@H](C(=O)NC)N(Cc1ccc(F)cc1)C(=O)CN(c1cccc(F)c1)S(C)(=O)=O. The molecule has 0 saturated heterocycles. The molecule has 10 heteroatoms. The van der Waals surface area contributed by atoms with Crippen molar-refractivity contribution in [2.45, 2.75) is 25.9 Å². The summed E-state index contributed by atoms with van der Waals surface area (Å²) in [7, 11) is -2.50. The quantitative estimate of drug-likeness (QED) is 0.631. The van der Waals surface area contributed by atoms with Crippen molar-refractivity contribution in [1.82, 2.24) is 10.2 Å². The summed E-state index contributed by atoms with van der Waals surface area (Å²) in [5.74, 6) is -2.18. The number of rotatable bonds is 9. The standard InChI is InChI=1S/C21H25F2N3O4S/c1-4-19(21(28)24-2)25(13-15-8-10-16(22)11-9-15)20(27)14-26(31(3,29)30)18-7-5-6-17(23)12-18/h5-12,19H,4,13-14H2,1-3H3,(H,24,28)/t19-/m1/s1. The Bertz CT molecular complexity index is 1030. The fourth-order valence-corrected chi connectivity index (χ4v) is 3.96. The average molecular weight is 454 g/mol. The van der Waals surface area contributed by atoms with Gasteiger partial charge in [0.15, 0.2) is 0 Å². The Morgan fingerprint density at radius 1 is 1.06 bits per heavy atom. The summed E-state index contributed by atoms with van der Waals surface area (Å²) in [6.07, 6.45) is 1.18. The van der Waals surface area contributed by atoms with Crippen molar-refractivity contribution in [3.8, 4) is 0 Å². The Hall–Kier alpha value is -3.01. The fraction of sp³-hybridized carbons (Fsp3) is 0.333. The molecule has 0 aromatic heterocycles. The van der Waals surface area contributed by atoms with E-state index in [2.05, 4.69) is 5.32 Å². The van der Waals surface area contributed by atoms with Crippen LogP contribution in [0.4, 0.5) is 14.5 Å². The smallest absolute Gasteiger partial charge is 0.244 e. The number of amides is 2. The molecule has 1 atom stereocenters. The van der Waals surface area contributed by atoms with E-state index in [-0.39, 0.29) is 18.7 Å². The molecule has 2 amide bonds. The summed E-state index contributed by atoms with van der Waals surface area (Å²) >= 11 is 0. The number of anilines is 1. The minimum absolute atomic E-state index is 0.00873. The molecule has 0 aliphatic heterocycles. The molecule has 2 aromatic carbocycles. The number of hydrogen-bond donors (Lipinski definition) is 1. The van der Waals surface area contributed by atoms with Gasteiger partial charge in [-0.3, -0.25) is 13.9 Å². The highest BCUT2D eigenvalue weighted by Crippen LogP contribution is 2.20. The van der Waals surface area contributed by atoms with Crippen LogP contribution in [0.1, 0.15) is 18.9 Å². The lowest BCUT2D eigenvalue weighted by atomic mass is 10.1. The van der Waals surface area contributed by atoms with Crippen molar-refractivity contribution >= 4 is 27.5 Å². The number of carbonyl (C=O) groups is 2. The molecule has 0 fully saturated rings.